The van der Waals surface area contributed by atoms with Crippen molar-refractivity contribution in [2.24, 2.45) is 0 Å². The van der Waals surface area contributed by atoms with Gasteiger partial charge in [-0.05, 0) is 41.5 Å². The number of rotatable bonds is 5. The average molecular weight is 435 g/mol. The Morgan fingerprint density at radius 1 is 0.968 bits per heavy atom. The van der Waals surface area contributed by atoms with Crippen molar-refractivity contribution in [2.45, 2.75) is 52.7 Å². The Morgan fingerprint density at radius 2 is 1.55 bits per heavy atom. The van der Waals surface area contributed by atoms with Crippen LogP contribution in [0.5, 0.6) is 11.5 Å². The van der Waals surface area contributed by atoms with E-state index < -0.39 is 29.4 Å². The zero-order chi connectivity index (χ0) is 24.0. The molecule has 0 spiro atoms. The van der Waals surface area contributed by atoms with Gasteiger partial charge in [-0.2, -0.15) is 0 Å². The van der Waals surface area contributed by atoms with Gasteiger partial charge in [-0.15, -0.1) is 6.42 Å². The quantitative estimate of drug-likeness (QED) is 0.294. The van der Waals surface area contributed by atoms with Crippen LogP contribution in [0.15, 0.2) is 12.1 Å². The minimum atomic E-state index is -1.05. The summed E-state index contributed by atoms with van der Waals surface area (Å²) < 4.78 is 25.9. The Balaban J connectivity index is 3.57. The molecule has 0 saturated carbocycles. The highest BCUT2D eigenvalue weighted by Gasteiger charge is 2.29. The molecule has 1 rings (SSSR count). The molecule has 170 valence electrons. The summed E-state index contributed by atoms with van der Waals surface area (Å²) in [5.41, 5.74) is -1.61. The fourth-order valence-electron chi connectivity index (χ4n) is 2.29. The number of hydrogen-bond donors (Lipinski definition) is 0. The van der Waals surface area contributed by atoms with Crippen molar-refractivity contribution in [3.8, 4) is 23.8 Å². The van der Waals surface area contributed by atoms with Crippen molar-refractivity contribution in [1.82, 2.24) is 0 Å². The van der Waals surface area contributed by atoms with Gasteiger partial charge in [0.15, 0.2) is 5.75 Å². The summed E-state index contributed by atoms with van der Waals surface area (Å²) in [5, 5.41) is 0. The van der Waals surface area contributed by atoms with Gasteiger partial charge >= 0.3 is 18.2 Å². The zero-order valence-corrected chi connectivity index (χ0v) is 19.2. The standard InChI is InChI=1S/C22H29NO8/c1-10-11-23(19(25)30-21(2,3)4)15-13-16(29-20(26)31-22(5,6)7)14(18(24)28-9)12-17(15)27-8/h1,12-13H,11H2,2-9H3. The third-order valence-electron chi connectivity index (χ3n) is 3.42. The molecule has 0 radical (unpaired) electrons. The molecule has 0 saturated heterocycles. The highest BCUT2D eigenvalue weighted by Crippen LogP contribution is 2.37. The molecule has 9 heteroatoms. The second kappa shape index (κ2) is 10.1. The van der Waals surface area contributed by atoms with Crippen molar-refractivity contribution >= 4 is 23.9 Å². The number of esters is 1. The summed E-state index contributed by atoms with van der Waals surface area (Å²) in [6, 6.07) is 2.53. The Labute approximate surface area is 182 Å². The first-order valence-electron chi connectivity index (χ1n) is 9.37. The van der Waals surface area contributed by atoms with Crippen molar-refractivity contribution < 1.29 is 38.1 Å². The van der Waals surface area contributed by atoms with Gasteiger partial charge in [0.05, 0.1) is 26.5 Å². The number of amides is 1. The molecule has 0 aliphatic carbocycles. The summed E-state index contributed by atoms with van der Waals surface area (Å²) >= 11 is 0. The highest BCUT2D eigenvalue weighted by atomic mass is 16.7. The maximum absolute atomic E-state index is 12.7. The molecule has 1 aromatic rings. The molecular weight excluding hydrogens is 406 g/mol. The molecule has 0 aromatic heterocycles. The maximum Gasteiger partial charge on any atom is 0.514 e. The topological polar surface area (TPSA) is 101 Å². The molecule has 1 aromatic carbocycles. The van der Waals surface area contributed by atoms with Gasteiger partial charge in [-0.25, -0.2) is 14.4 Å². The molecule has 9 nitrogen and oxygen atoms in total. The van der Waals surface area contributed by atoms with Crippen LogP contribution in [0.4, 0.5) is 15.3 Å². The molecule has 0 N–H and O–H groups in total. The number of nitrogens with zero attached hydrogens (tertiary/aromatic N) is 1. The van der Waals surface area contributed by atoms with E-state index in [0.717, 1.165) is 4.90 Å². The lowest BCUT2D eigenvalue weighted by molar-refractivity contribution is 0.0203. The second-order valence-corrected chi connectivity index (χ2v) is 8.35. The zero-order valence-electron chi connectivity index (χ0n) is 19.2. The summed E-state index contributed by atoms with van der Waals surface area (Å²) in [6.45, 7) is 9.91. The Kier molecular flexibility index (Phi) is 8.32. The SMILES string of the molecule is C#CCN(C(=O)OC(C)(C)C)c1cc(OC(=O)OC(C)(C)C)c(C(=O)OC)cc1OC. The molecule has 1 amide bonds. The van der Waals surface area contributed by atoms with Gasteiger partial charge in [0.1, 0.15) is 22.5 Å². The number of carbonyl (C=O) groups excluding carboxylic acids is 3. The van der Waals surface area contributed by atoms with Crippen molar-refractivity contribution in [1.29, 1.82) is 0 Å². The molecule has 0 atom stereocenters. The minimum Gasteiger partial charge on any atom is -0.495 e. The van der Waals surface area contributed by atoms with Crippen LogP contribution in [0.3, 0.4) is 0 Å². The van der Waals surface area contributed by atoms with E-state index in [1.807, 2.05) is 0 Å². The monoisotopic (exact) mass is 435 g/mol. The van der Waals surface area contributed by atoms with Crippen LogP contribution in [0.1, 0.15) is 51.9 Å². The van der Waals surface area contributed by atoms with E-state index in [4.69, 9.17) is 30.1 Å². The fourth-order valence-corrected chi connectivity index (χ4v) is 2.29. The molecular formula is C22H29NO8. The van der Waals surface area contributed by atoms with Gasteiger partial charge in [0.25, 0.3) is 0 Å². The number of benzene rings is 1. The van der Waals surface area contributed by atoms with Gasteiger partial charge in [-0.3, -0.25) is 4.90 Å². The van der Waals surface area contributed by atoms with Crippen LogP contribution >= 0.6 is 0 Å². The van der Waals surface area contributed by atoms with Crippen LogP contribution in [0, 0.1) is 12.3 Å². The third kappa shape index (κ3) is 7.74. The molecule has 31 heavy (non-hydrogen) atoms. The molecule has 0 fully saturated rings. The predicted molar refractivity (Wildman–Crippen MR) is 114 cm³/mol. The molecule has 0 heterocycles. The van der Waals surface area contributed by atoms with Crippen LogP contribution in [0.2, 0.25) is 0 Å². The third-order valence-corrected chi connectivity index (χ3v) is 3.42. The van der Waals surface area contributed by atoms with E-state index in [1.165, 1.54) is 26.4 Å². The summed E-state index contributed by atoms with van der Waals surface area (Å²) in [7, 11) is 2.52. The molecule has 0 aliphatic heterocycles. The minimum absolute atomic E-state index is 0.109. The summed E-state index contributed by atoms with van der Waals surface area (Å²) in [5.74, 6) is 1.49. The van der Waals surface area contributed by atoms with Gasteiger partial charge in [-0.1, -0.05) is 5.92 Å². The largest absolute Gasteiger partial charge is 0.514 e. The van der Waals surface area contributed by atoms with Crippen molar-refractivity contribution in [3.63, 3.8) is 0 Å². The highest BCUT2D eigenvalue weighted by molar-refractivity contribution is 5.97. The number of methoxy groups -OCH3 is 2. The smallest absolute Gasteiger partial charge is 0.495 e. The van der Waals surface area contributed by atoms with Gasteiger partial charge in [0.2, 0.25) is 0 Å². The normalized spacial score (nSPS) is 11.1. The van der Waals surface area contributed by atoms with E-state index in [2.05, 4.69) is 5.92 Å². The predicted octanol–water partition coefficient (Wildman–Crippen LogP) is 4.17. The Hall–Kier alpha value is -3.41. The number of hydrogen-bond acceptors (Lipinski definition) is 8. The molecule has 0 bridgehead atoms. The lowest BCUT2D eigenvalue weighted by Gasteiger charge is -2.27. The average Bonchev–Trinajstić information content (AvgIpc) is 2.62. The fraction of sp³-hybridized carbons (Fsp3) is 0.500. The van der Waals surface area contributed by atoms with Crippen molar-refractivity contribution in [2.75, 3.05) is 25.7 Å². The first-order valence-corrected chi connectivity index (χ1v) is 9.37. The lowest BCUT2D eigenvalue weighted by atomic mass is 10.1. The number of ether oxygens (including phenoxy) is 5. The lowest BCUT2D eigenvalue weighted by Crippen LogP contribution is -2.37. The van der Waals surface area contributed by atoms with Crippen LogP contribution in [0.25, 0.3) is 0 Å². The second-order valence-electron chi connectivity index (χ2n) is 8.35. The van der Waals surface area contributed by atoms with Gasteiger partial charge in [0, 0.05) is 12.1 Å². The van der Waals surface area contributed by atoms with E-state index >= 15 is 0 Å². The summed E-state index contributed by atoms with van der Waals surface area (Å²) in [6.07, 6.45) is 3.63. The Morgan fingerprint density at radius 3 is 2.00 bits per heavy atom. The Bertz CT molecular complexity index is 871. The molecule has 0 unspecified atom stereocenters. The van der Waals surface area contributed by atoms with E-state index in [9.17, 15) is 14.4 Å². The maximum atomic E-state index is 12.7. The summed E-state index contributed by atoms with van der Waals surface area (Å²) in [4.78, 5) is 38.3. The van der Waals surface area contributed by atoms with Crippen LogP contribution in [-0.4, -0.2) is 50.2 Å². The van der Waals surface area contributed by atoms with Crippen LogP contribution < -0.4 is 14.4 Å². The van der Waals surface area contributed by atoms with Gasteiger partial charge < -0.3 is 23.7 Å². The number of terminal acetylenes is 1. The van der Waals surface area contributed by atoms with E-state index in [1.54, 1.807) is 41.5 Å². The van der Waals surface area contributed by atoms with Crippen molar-refractivity contribution in [3.05, 3.63) is 17.7 Å². The first-order chi connectivity index (χ1) is 14.2. The van der Waals surface area contributed by atoms with E-state index in [0.29, 0.717) is 0 Å². The number of anilines is 1. The van der Waals surface area contributed by atoms with E-state index in [-0.39, 0.29) is 29.3 Å². The first kappa shape index (κ1) is 25.6. The molecule has 0 aliphatic rings. The number of carbonyl (C=O) groups is 3. The van der Waals surface area contributed by atoms with Crippen LogP contribution in [-0.2, 0) is 14.2 Å².